The lowest BCUT2D eigenvalue weighted by molar-refractivity contribution is -0.633. The fourth-order valence-electron chi connectivity index (χ4n) is 5.76. The maximum Gasteiger partial charge on any atom is 0.297 e. The summed E-state index contributed by atoms with van der Waals surface area (Å²) in [5.74, 6) is 3.11. The molecular weight excluding hydrogens is 428 g/mol. The molecule has 0 saturated carbocycles. The molecule has 0 N–H and O–H groups in total. The Morgan fingerprint density at radius 1 is 0.857 bits per heavy atom. The first kappa shape index (κ1) is 21.8. The zero-order valence-corrected chi connectivity index (χ0v) is 21.5. The van der Waals surface area contributed by atoms with Gasteiger partial charge in [0.1, 0.15) is 17.0 Å². The molecule has 3 aromatic carbocycles. The second kappa shape index (κ2) is 7.94. The predicted molar refractivity (Wildman–Crippen MR) is 145 cm³/mol. The zero-order chi connectivity index (χ0) is 24.4. The summed E-state index contributed by atoms with van der Waals surface area (Å²) in [5, 5.41) is 0. The Morgan fingerprint density at radius 3 is 2.29 bits per heavy atom. The lowest BCUT2D eigenvalue weighted by atomic mass is 9.92. The van der Waals surface area contributed by atoms with Gasteiger partial charge in [-0.2, -0.15) is 4.57 Å². The van der Waals surface area contributed by atoms with Crippen molar-refractivity contribution in [2.45, 2.75) is 52.9 Å². The average molecular weight is 462 g/mol. The molecule has 176 valence electrons. The van der Waals surface area contributed by atoms with E-state index in [-0.39, 0.29) is 0 Å². The monoisotopic (exact) mass is 461 g/mol. The largest absolute Gasteiger partial charge is 0.303 e. The van der Waals surface area contributed by atoms with Crippen LogP contribution in [0.5, 0.6) is 0 Å². The molecule has 4 nitrogen and oxygen atoms in total. The van der Waals surface area contributed by atoms with Crippen LogP contribution in [0.4, 0.5) is 0 Å². The van der Waals surface area contributed by atoms with Crippen molar-refractivity contribution in [1.82, 2.24) is 14.1 Å². The summed E-state index contributed by atoms with van der Waals surface area (Å²) in [5.41, 5.74) is 11.2. The Balaban J connectivity index is 1.82. The second-order valence-corrected chi connectivity index (χ2v) is 10.4. The number of hydrogen-bond donors (Lipinski definition) is 0. The number of fused-ring (bicyclic) bond motifs is 4. The molecule has 6 rings (SSSR count). The van der Waals surface area contributed by atoms with Crippen LogP contribution in [-0.2, 0) is 13.5 Å². The van der Waals surface area contributed by atoms with Crippen molar-refractivity contribution in [3.8, 4) is 17.1 Å². The van der Waals surface area contributed by atoms with Crippen LogP contribution < -0.4 is 4.57 Å². The molecule has 0 aliphatic carbocycles. The third-order valence-corrected chi connectivity index (χ3v) is 7.50. The van der Waals surface area contributed by atoms with E-state index in [9.17, 15) is 0 Å². The topological polar surface area (TPSA) is 26.6 Å². The predicted octanol–water partition coefficient (Wildman–Crippen LogP) is 7.05. The van der Waals surface area contributed by atoms with Crippen LogP contribution in [0.3, 0.4) is 0 Å². The number of para-hydroxylation sites is 3. The van der Waals surface area contributed by atoms with Gasteiger partial charge in [0.05, 0.1) is 18.1 Å². The Hall–Kier alpha value is -3.66. The molecule has 0 saturated heterocycles. The van der Waals surface area contributed by atoms with Crippen LogP contribution in [0.15, 0.2) is 60.7 Å². The summed E-state index contributed by atoms with van der Waals surface area (Å²) in [6.07, 6.45) is 5.23. The molecular formula is C31H33N4+. The number of aryl methyl sites for hydroxylation is 2. The molecule has 0 spiro atoms. The van der Waals surface area contributed by atoms with Crippen LogP contribution in [0.2, 0.25) is 0 Å². The first-order valence-corrected chi connectivity index (χ1v) is 12.7. The number of allylic oxidation sites excluding steroid dienone is 1. The van der Waals surface area contributed by atoms with Gasteiger partial charge in [0.2, 0.25) is 0 Å². The fourth-order valence-corrected chi connectivity index (χ4v) is 5.76. The molecule has 35 heavy (non-hydrogen) atoms. The van der Waals surface area contributed by atoms with Crippen LogP contribution in [0.1, 0.15) is 62.0 Å². The highest BCUT2D eigenvalue weighted by Crippen LogP contribution is 2.39. The average Bonchev–Trinajstić information content (AvgIpc) is 3.51. The van der Waals surface area contributed by atoms with Crippen molar-refractivity contribution in [1.29, 1.82) is 0 Å². The molecule has 0 unspecified atom stereocenters. The second-order valence-electron chi connectivity index (χ2n) is 10.4. The van der Waals surface area contributed by atoms with Crippen molar-refractivity contribution in [3.63, 3.8) is 0 Å². The third-order valence-electron chi connectivity index (χ3n) is 7.50. The van der Waals surface area contributed by atoms with E-state index in [2.05, 4.69) is 122 Å². The lowest BCUT2D eigenvalue weighted by Crippen LogP contribution is -2.30. The van der Waals surface area contributed by atoms with Crippen molar-refractivity contribution in [3.05, 3.63) is 83.2 Å². The maximum absolute atomic E-state index is 5.17. The van der Waals surface area contributed by atoms with Crippen LogP contribution in [0.25, 0.3) is 45.3 Å². The van der Waals surface area contributed by atoms with Gasteiger partial charge in [-0.3, -0.25) is 0 Å². The Bertz CT molecular complexity index is 1620. The van der Waals surface area contributed by atoms with Gasteiger partial charge in [-0.25, -0.2) is 9.55 Å². The molecule has 5 aromatic rings. The molecule has 0 amide bonds. The quantitative estimate of drug-likeness (QED) is 0.263. The van der Waals surface area contributed by atoms with Crippen LogP contribution >= 0.6 is 0 Å². The van der Waals surface area contributed by atoms with E-state index in [1.54, 1.807) is 0 Å². The number of benzene rings is 3. The number of rotatable bonds is 4. The summed E-state index contributed by atoms with van der Waals surface area (Å²) in [6, 6.07) is 20.1. The molecule has 0 bridgehead atoms. The van der Waals surface area contributed by atoms with E-state index in [1.165, 1.54) is 50.3 Å². The number of aromatic nitrogens is 4. The SMILES string of the molecule is Cc1ccc2c(nc3n2C=CC3)c1-c1n(-c2c(C(C)C)cccc2C(C)C)c2ccccc2[n+]1C. The van der Waals surface area contributed by atoms with Crippen LogP contribution in [-0.4, -0.2) is 14.1 Å². The smallest absolute Gasteiger partial charge is 0.297 e. The normalized spacial score (nSPS) is 13.1. The molecule has 0 fully saturated rings. The number of hydrogen-bond acceptors (Lipinski definition) is 1. The van der Waals surface area contributed by atoms with E-state index in [0.717, 1.165) is 17.8 Å². The summed E-state index contributed by atoms with van der Waals surface area (Å²) in [7, 11) is 2.20. The third kappa shape index (κ3) is 3.12. The highest BCUT2D eigenvalue weighted by molar-refractivity contribution is 5.95. The van der Waals surface area contributed by atoms with Gasteiger partial charge in [-0.15, -0.1) is 0 Å². The molecule has 0 radical (unpaired) electrons. The minimum absolute atomic E-state index is 0.404. The van der Waals surface area contributed by atoms with Gasteiger partial charge in [-0.1, -0.05) is 70.2 Å². The van der Waals surface area contributed by atoms with E-state index < -0.39 is 0 Å². The summed E-state index contributed by atoms with van der Waals surface area (Å²) >= 11 is 0. The van der Waals surface area contributed by atoms with Crippen molar-refractivity contribution in [2.24, 2.45) is 7.05 Å². The number of imidazole rings is 2. The first-order chi connectivity index (χ1) is 16.9. The van der Waals surface area contributed by atoms with Crippen molar-refractivity contribution in [2.75, 3.05) is 0 Å². The van der Waals surface area contributed by atoms with E-state index in [1.807, 2.05) is 0 Å². The van der Waals surface area contributed by atoms with Gasteiger partial charge in [0.25, 0.3) is 5.82 Å². The zero-order valence-electron chi connectivity index (χ0n) is 21.5. The Morgan fingerprint density at radius 2 is 1.57 bits per heavy atom. The van der Waals surface area contributed by atoms with Crippen molar-refractivity contribution >= 4 is 28.3 Å². The minimum atomic E-state index is 0.404. The van der Waals surface area contributed by atoms with Crippen molar-refractivity contribution < 1.29 is 4.57 Å². The van der Waals surface area contributed by atoms with Gasteiger partial charge in [-0.05, 0) is 42.5 Å². The number of nitrogens with zero attached hydrogens (tertiary/aromatic N) is 4. The Labute approximate surface area is 207 Å². The Kier molecular flexibility index (Phi) is 4.96. The van der Waals surface area contributed by atoms with Gasteiger partial charge in [0.15, 0.2) is 11.0 Å². The molecule has 3 heterocycles. The van der Waals surface area contributed by atoms with E-state index in [0.29, 0.717) is 11.8 Å². The van der Waals surface area contributed by atoms with E-state index >= 15 is 0 Å². The summed E-state index contributed by atoms with van der Waals surface area (Å²) in [4.78, 5) is 5.17. The van der Waals surface area contributed by atoms with Gasteiger partial charge >= 0.3 is 0 Å². The van der Waals surface area contributed by atoms with Crippen LogP contribution in [0, 0.1) is 6.92 Å². The lowest BCUT2D eigenvalue weighted by Gasteiger charge is -2.18. The van der Waals surface area contributed by atoms with Gasteiger partial charge in [0, 0.05) is 23.7 Å². The standard InChI is InChI=1S/C31H33N4/c1-19(2)22-11-9-12-23(20(3)4)30(22)35-25-14-8-7-13-24(25)33(6)31(35)28-21(5)16-17-26-29(28)32-27-15-10-18-34(26)27/h7-14,16-20H,15H2,1-6H3/q+1. The fraction of sp³-hybridized carbons (Fsp3) is 0.290. The molecule has 1 aliphatic heterocycles. The highest BCUT2D eigenvalue weighted by atomic mass is 15.2. The summed E-state index contributed by atoms with van der Waals surface area (Å²) in [6.45, 7) is 11.4. The molecule has 0 atom stereocenters. The van der Waals surface area contributed by atoms with Gasteiger partial charge < -0.3 is 4.57 Å². The minimum Gasteiger partial charge on any atom is -0.303 e. The molecule has 4 heteroatoms. The maximum atomic E-state index is 5.17. The highest BCUT2D eigenvalue weighted by Gasteiger charge is 2.33. The summed E-state index contributed by atoms with van der Waals surface area (Å²) < 4.78 is 7.12. The molecule has 1 aliphatic rings. The first-order valence-electron chi connectivity index (χ1n) is 12.7. The van der Waals surface area contributed by atoms with E-state index in [4.69, 9.17) is 4.98 Å². The molecule has 2 aromatic heterocycles.